The molecule has 2 N–H and O–H groups in total. The number of unbranched alkanes of at least 4 members (excludes halogenated alkanes) is 1. The summed E-state index contributed by atoms with van der Waals surface area (Å²) >= 11 is 0. The molecule has 0 saturated carbocycles. The number of aliphatic hydroxyl groups excluding tert-OH is 1. The molecule has 3 atom stereocenters. The molecular weight excluding hydrogens is 187 g/mol. The second-order valence-electron chi connectivity index (χ2n) is 3.49. The normalized spacial score (nSPS) is 34.8. The lowest BCUT2D eigenvalue weighted by Gasteiger charge is -2.31. The standard InChI is InChI=1S/C9H19O3P/c1-2-3-6-12-9-8(10)5-4-7-13(9)11/h8-11H,2-7H2,1H3. The Morgan fingerprint density at radius 1 is 1.54 bits per heavy atom. The van der Waals surface area contributed by atoms with Crippen LogP contribution in [0.4, 0.5) is 0 Å². The van der Waals surface area contributed by atoms with E-state index in [1.54, 1.807) is 0 Å². The highest BCUT2D eigenvalue weighted by molar-refractivity contribution is 7.52. The van der Waals surface area contributed by atoms with Crippen LogP contribution in [0.5, 0.6) is 0 Å². The van der Waals surface area contributed by atoms with Crippen molar-refractivity contribution in [1.29, 1.82) is 0 Å². The number of rotatable bonds is 4. The monoisotopic (exact) mass is 206 g/mol. The van der Waals surface area contributed by atoms with E-state index < -0.39 is 14.3 Å². The number of hydrogen-bond donors (Lipinski definition) is 2. The molecule has 0 spiro atoms. The SMILES string of the molecule is CCCCOC1C(O)CCCP1O. The van der Waals surface area contributed by atoms with Crippen LogP contribution in [0, 0.1) is 0 Å². The first kappa shape index (κ1) is 11.4. The zero-order valence-corrected chi connectivity index (χ0v) is 9.04. The minimum Gasteiger partial charge on any atom is -0.390 e. The van der Waals surface area contributed by atoms with Gasteiger partial charge in [-0.15, -0.1) is 0 Å². The maximum absolute atomic E-state index is 9.62. The Bertz CT molecular complexity index is 133. The van der Waals surface area contributed by atoms with Crippen molar-refractivity contribution in [3.8, 4) is 0 Å². The highest BCUT2D eigenvalue weighted by atomic mass is 31.1. The molecule has 0 aromatic heterocycles. The Labute approximate surface area is 80.9 Å². The Morgan fingerprint density at radius 2 is 2.31 bits per heavy atom. The summed E-state index contributed by atoms with van der Waals surface area (Å²) in [5.41, 5.74) is 0. The summed E-state index contributed by atoms with van der Waals surface area (Å²) in [6, 6.07) is 0. The first-order valence-electron chi connectivity index (χ1n) is 5.01. The van der Waals surface area contributed by atoms with Gasteiger partial charge in [-0.25, -0.2) is 0 Å². The third-order valence-corrected chi connectivity index (χ3v) is 4.15. The summed E-state index contributed by atoms with van der Waals surface area (Å²) in [4.78, 5) is 9.62. The Morgan fingerprint density at radius 3 is 2.92 bits per heavy atom. The van der Waals surface area contributed by atoms with Gasteiger partial charge in [-0.1, -0.05) is 13.3 Å². The van der Waals surface area contributed by atoms with Crippen molar-refractivity contribution in [2.45, 2.75) is 44.6 Å². The summed E-state index contributed by atoms with van der Waals surface area (Å²) in [7, 11) is -1.08. The molecule has 4 heteroatoms. The molecule has 1 aliphatic rings. The third-order valence-electron chi connectivity index (χ3n) is 2.30. The maximum atomic E-state index is 9.62. The summed E-state index contributed by atoms with van der Waals surface area (Å²) in [5, 5.41) is 9.57. The minimum atomic E-state index is -1.08. The largest absolute Gasteiger partial charge is 0.390 e. The van der Waals surface area contributed by atoms with Crippen molar-refractivity contribution in [2.24, 2.45) is 0 Å². The highest BCUT2D eigenvalue weighted by Gasteiger charge is 2.31. The summed E-state index contributed by atoms with van der Waals surface area (Å²) in [6.07, 6.45) is 4.18. The van der Waals surface area contributed by atoms with Crippen LogP contribution in [0.1, 0.15) is 32.6 Å². The van der Waals surface area contributed by atoms with E-state index in [1.165, 1.54) is 0 Å². The lowest BCUT2D eigenvalue weighted by atomic mass is 10.2. The average molecular weight is 206 g/mol. The van der Waals surface area contributed by atoms with E-state index in [0.29, 0.717) is 6.61 Å². The van der Waals surface area contributed by atoms with Crippen LogP contribution in [0.15, 0.2) is 0 Å². The van der Waals surface area contributed by atoms with Gasteiger partial charge in [0.2, 0.25) is 0 Å². The molecule has 0 bridgehead atoms. The van der Waals surface area contributed by atoms with Crippen molar-refractivity contribution in [3.05, 3.63) is 0 Å². The summed E-state index contributed by atoms with van der Waals surface area (Å²) in [5.74, 6) is -0.282. The molecule has 0 aromatic carbocycles. The van der Waals surface area contributed by atoms with Crippen LogP contribution in [-0.4, -0.2) is 34.7 Å². The molecule has 3 nitrogen and oxygen atoms in total. The number of aliphatic hydroxyl groups is 1. The van der Waals surface area contributed by atoms with Gasteiger partial charge in [-0.05, 0) is 25.4 Å². The van der Waals surface area contributed by atoms with Gasteiger partial charge in [-0.2, -0.15) is 0 Å². The fourth-order valence-corrected chi connectivity index (χ4v) is 3.06. The molecule has 1 rings (SSSR count). The molecular formula is C9H19O3P. The van der Waals surface area contributed by atoms with E-state index in [-0.39, 0.29) is 5.85 Å². The Hall–Kier alpha value is 0.310. The van der Waals surface area contributed by atoms with Gasteiger partial charge in [-0.3, -0.25) is 0 Å². The quantitative estimate of drug-likeness (QED) is 0.543. The van der Waals surface area contributed by atoms with Crippen LogP contribution in [0.2, 0.25) is 0 Å². The minimum absolute atomic E-state index is 0.282. The molecule has 1 heterocycles. The third kappa shape index (κ3) is 3.51. The van der Waals surface area contributed by atoms with Crippen LogP contribution < -0.4 is 0 Å². The average Bonchev–Trinajstić information content (AvgIpc) is 2.10. The van der Waals surface area contributed by atoms with E-state index in [4.69, 9.17) is 4.74 Å². The molecule has 13 heavy (non-hydrogen) atoms. The lowest BCUT2D eigenvalue weighted by Crippen LogP contribution is -2.32. The van der Waals surface area contributed by atoms with Gasteiger partial charge in [0.05, 0.1) is 14.3 Å². The van der Waals surface area contributed by atoms with Gasteiger partial charge in [0.15, 0.2) is 0 Å². The van der Waals surface area contributed by atoms with E-state index in [1.807, 2.05) is 0 Å². The molecule has 0 aromatic rings. The van der Waals surface area contributed by atoms with E-state index >= 15 is 0 Å². The number of hydrogen-bond acceptors (Lipinski definition) is 3. The van der Waals surface area contributed by atoms with Gasteiger partial charge in [0, 0.05) is 6.61 Å². The molecule has 0 radical (unpaired) electrons. The van der Waals surface area contributed by atoms with Crippen LogP contribution in [0.25, 0.3) is 0 Å². The van der Waals surface area contributed by atoms with E-state index in [2.05, 4.69) is 6.92 Å². The Kier molecular flexibility index (Phi) is 5.18. The predicted octanol–water partition coefficient (Wildman–Crippen LogP) is 1.67. The molecule has 1 saturated heterocycles. The lowest BCUT2D eigenvalue weighted by molar-refractivity contribution is -0.00247. The van der Waals surface area contributed by atoms with E-state index in [9.17, 15) is 10.00 Å². The van der Waals surface area contributed by atoms with Gasteiger partial charge < -0.3 is 14.7 Å². The summed E-state index contributed by atoms with van der Waals surface area (Å²) in [6.45, 7) is 2.76. The first-order valence-corrected chi connectivity index (χ1v) is 6.55. The van der Waals surface area contributed by atoms with Crippen LogP contribution in [-0.2, 0) is 4.74 Å². The second kappa shape index (κ2) is 5.92. The van der Waals surface area contributed by atoms with Gasteiger partial charge in [0.1, 0.15) is 5.85 Å². The van der Waals surface area contributed by atoms with Crippen molar-refractivity contribution in [2.75, 3.05) is 12.8 Å². The highest BCUT2D eigenvalue weighted by Crippen LogP contribution is 2.44. The van der Waals surface area contributed by atoms with E-state index in [0.717, 1.165) is 31.8 Å². The molecule has 0 amide bonds. The molecule has 1 aliphatic heterocycles. The molecule has 0 aliphatic carbocycles. The van der Waals surface area contributed by atoms with Crippen molar-refractivity contribution < 1.29 is 14.7 Å². The van der Waals surface area contributed by atoms with Crippen molar-refractivity contribution >= 4 is 8.15 Å². The zero-order chi connectivity index (χ0) is 9.68. The van der Waals surface area contributed by atoms with Crippen LogP contribution in [0.3, 0.4) is 0 Å². The molecule has 1 fully saturated rings. The fourth-order valence-electron chi connectivity index (χ4n) is 1.48. The summed E-state index contributed by atoms with van der Waals surface area (Å²) < 4.78 is 5.48. The molecule has 3 unspecified atom stereocenters. The second-order valence-corrected chi connectivity index (χ2v) is 5.32. The fraction of sp³-hybridized carbons (Fsp3) is 1.00. The van der Waals surface area contributed by atoms with Crippen LogP contribution >= 0.6 is 8.15 Å². The van der Waals surface area contributed by atoms with Crippen molar-refractivity contribution in [3.63, 3.8) is 0 Å². The van der Waals surface area contributed by atoms with Gasteiger partial charge in [0.25, 0.3) is 0 Å². The number of ether oxygens (including phenoxy) is 1. The van der Waals surface area contributed by atoms with Gasteiger partial charge >= 0.3 is 0 Å². The molecule has 78 valence electrons. The zero-order valence-electron chi connectivity index (χ0n) is 8.15. The Balaban J connectivity index is 2.26. The maximum Gasteiger partial charge on any atom is 0.127 e. The smallest absolute Gasteiger partial charge is 0.127 e. The predicted molar refractivity (Wildman–Crippen MR) is 53.9 cm³/mol. The topological polar surface area (TPSA) is 49.7 Å². The first-order chi connectivity index (χ1) is 6.25. The van der Waals surface area contributed by atoms with Crippen molar-refractivity contribution in [1.82, 2.24) is 0 Å².